The maximum atomic E-state index is 11.3. The number of piperazine rings is 1. The van der Waals surface area contributed by atoms with Crippen LogP contribution in [0, 0.1) is 10.1 Å². The Morgan fingerprint density at radius 2 is 2.00 bits per heavy atom. The summed E-state index contributed by atoms with van der Waals surface area (Å²) in [4.78, 5) is 15.1. The summed E-state index contributed by atoms with van der Waals surface area (Å²) in [6.07, 6.45) is 0. The van der Waals surface area contributed by atoms with E-state index in [1.807, 2.05) is 4.90 Å². The second kappa shape index (κ2) is 8.19. The highest BCUT2D eigenvalue weighted by Gasteiger charge is 2.24. The summed E-state index contributed by atoms with van der Waals surface area (Å²) in [5.74, 6) is 0.438. The molecule has 0 spiro atoms. The van der Waals surface area contributed by atoms with Crippen LogP contribution in [0.1, 0.15) is 0 Å². The van der Waals surface area contributed by atoms with Gasteiger partial charge < -0.3 is 14.4 Å². The second-order valence-corrected chi connectivity index (χ2v) is 6.08. The standard InChI is InChI=1S/C15H18ClN5O5/c1-24-14-15(18-26-17-14)25-9-8-19-4-6-20(7-5-19)12-3-2-11(16)10-13(12)21(22)23/h2-3,10H,4-9H2,1H3. The van der Waals surface area contributed by atoms with E-state index in [4.69, 9.17) is 21.1 Å². The van der Waals surface area contributed by atoms with Crippen LogP contribution in [0.2, 0.25) is 5.02 Å². The zero-order valence-electron chi connectivity index (χ0n) is 14.1. The fraction of sp³-hybridized carbons (Fsp3) is 0.467. The van der Waals surface area contributed by atoms with Crippen LogP contribution in [0.4, 0.5) is 11.4 Å². The Labute approximate surface area is 154 Å². The minimum Gasteiger partial charge on any atom is -0.475 e. The number of nitrogens with zero attached hydrogens (tertiary/aromatic N) is 5. The van der Waals surface area contributed by atoms with Crippen LogP contribution in [-0.2, 0) is 0 Å². The number of rotatable bonds is 7. The van der Waals surface area contributed by atoms with Crippen molar-refractivity contribution in [1.82, 2.24) is 15.2 Å². The fourth-order valence-corrected chi connectivity index (χ4v) is 2.95. The van der Waals surface area contributed by atoms with Gasteiger partial charge in [-0.25, -0.2) is 4.63 Å². The van der Waals surface area contributed by atoms with Crippen LogP contribution in [0.15, 0.2) is 22.8 Å². The van der Waals surface area contributed by atoms with E-state index in [1.165, 1.54) is 13.2 Å². The van der Waals surface area contributed by atoms with Gasteiger partial charge in [0.25, 0.3) is 5.69 Å². The maximum absolute atomic E-state index is 11.3. The summed E-state index contributed by atoms with van der Waals surface area (Å²) >= 11 is 5.87. The van der Waals surface area contributed by atoms with E-state index in [9.17, 15) is 10.1 Å². The molecule has 11 heteroatoms. The summed E-state index contributed by atoms with van der Waals surface area (Å²) in [6, 6.07) is 4.75. The molecule has 0 aliphatic carbocycles. The molecule has 1 fully saturated rings. The lowest BCUT2D eigenvalue weighted by atomic mass is 10.2. The Morgan fingerprint density at radius 1 is 1.27 bits per heavy atom. The average Bonchev–Trinajstić information content (AvgIpc) is 3.10. The first-order chi connectivity index (χ1) is 12.6. The van der Waals surface area contributed by atoms with Crippen LogP contribution >= 0.6 is 11.6 Å². The van der Waals surface area contributed by atoms with Gasteiger partial charge in [0.05, 0.1) is 12.0 Å². The van der Waals surface area contributed by atoms with E-state index in [0.717, 1.165) is 13.1 Å². The summed E-state index contributed by atoms with van der Waals surface area (Å²) in [7, 11) is 1.46. The summed E-state index contributed by atoms with van der Waals surface area (Å²) in [5.41, 5.74) is 0.619. The van der Waals surface area contributed by atoms with Gasteiger partial charge in [0.15, 0.2) is 0 Å². The number of halogens is 1. The van der Waals surface area contributed by atoms with E-state index in [2.05, 4.69) is 19.8 Å². The lowest BCUT2D eigenvalue weighted by Gasteiger charge is -2.35. The summed E-state index contributed by atoms with van der Waals surface area (Å²) < 4.78 is 15.0. The topological polar surface area (TPSA) is 107 Å². The third-order valence-electron chi connectivity index (χ3n) is 4.12. The normalized spacial score (nSPS) is 15.1. The Hall–Kier alpha value is -2.59. The Balaban J connectivity index is 1.51. The highest BCUT2D eigenvalue weighted by molar-refractivity contribution is 6.30. The van der Waals surface area contributed by atoms with Gasteiger partial charge in [0.1, 0.15) is 12.3 Å². The van der Waals surface area contributed by atoms with Crippen LogP contribution in [0.25, 0.3) is 0 Å². The number of nitro groups is 1. The maximum Gasteiger partial charge on any atom is 0.320 e. The molecule has 0 radical (unpaired) electrons. The van der Waals surface area contributed by atoms with E-state index in [1.54, 1.807) is 12.1 Å². The van der Waals surface area contributed by atoms with Crippen molar-refractivity contribution in [3.05, 3.63) is 33.3 Å². The molecular weight excluding hydrogens is 366 g/mol. The van der Waals surface area contributed by atoms with Crippen LogP contribution in [0.3, 0.4) is 0 Å². The number of benzene rings is 1. The van der Waals surface area contributed by atoms with Crippen molar-refractivity contribution in [2.75, 3.05) is 51.3 Å². The predicted octanol–water partition coefficient (Wildman–Crippen LogP) is 1.84. The minimum atomic E-state index is -0.402. The van der Waals surface area contributed by atoms with E-state index in [0.29, 0.717) is 37.0 Å². The van der Waals surface area contributed by atoms with E-state index < -0.39 is 4.92 Å². The molecule has 0 amide bonds. The number of anilines is 1. The van der Waals surface area contributed by atoms with Gasteiger partial charge in [-0.15, -0.1) is 0 Å². The lowest BCUT2D eigenvalue weighted by Crippen LogP contribution is -2.47. The Bertz CT molecular complexity index is 763. The number of nitro benzene ring substituents is 1. The summed E-state index contributed by atoms with van der Waals surface area (Å²) in [5, 5.41) is 18.8. The molecule has 10 nitrogen and oxygen atoms in total. The molecule has 1 aromatic carbocycles. The van der Waals surface area contributed by atoms with Gasteiger partial charge >= 0.3 is 11.8 Å². The highest BCUT2D eigenvalue weighted by atomic mass is 35.5. The molecule has 2 aromatic rings. The monoisotopic (exact) mass is 383 g/mol. The van der Waals surface area contributed by atoms with Crippen LogP contribution in [0.5, 0.6) is 11.8 Å². The second-order valence-electron chi connectivity index (χ2n) is 5.65. The van der Waals surface area contributed by atoms with Crippen molar-refractivity contribution >= 4 is 23.0 Å². The first-order valence-electron chi connectivity index (χ1n) is 7.99. The molecule has 1 aliphatic rings. The molecule has 2 heterocycles. The number of hydrogen-bond acceptors (Lipinski definition) is 9. The predicted molar refractivity (Wildman–Crippen MR) is 93.1 cm³/mol. The average molecular weight is 384 g/mol. The van der Waals surface area contributed by atoms with Crippen molar-refractivity contribution in [3.63, 3.8) is 0 Å². The molecule has 1 aliphatic heterocycles. The largest absolute Gasteiger partial charge is 0.475 e. The van der Waals surface area contributed by atoms with Gasteiger partial charge in [-0.2, -0.15) is 0 Å². The zero-order chi connectivity index (χ0) is 18.5. The van der Waals surface area contributed by atoms with E-state index >= 15 is 0 Å². The molecule has 0 N–H and O–H groups in total. The number of aromatic nitrogens is 2. The van der Waals surface area contributed by atoms with Gasteiger partial charge in [-0.1, -0.05) is 11.6 Å². The molecule has 1 aromatic heterocycles. The molecule has 1 saturated heterocycles. The molecule has 0 bridgehead atoms. The molecule has 140 valence electrons. The third-order valence-corrected chi connectivity index (χ3v) is 4.35. The molecule has 26 heavy (non-hydrogen) atoms. The highest BCUT2D eigenvalue weighted by Crippen LogP contribution is 2.31. The van der Waals surface area contributed by atoms with Crippen molar-refractivity contribution in [3.8, 4) is 11.8 Å². The number of hydrogen-bond donors (Lipinski definition) is 0. The van der Waals surface area contributed by atoms with Crippen molar-refractivity contribution in [2.45, 2.75) is 0 Å². The minimum absolute atomic E-state index is 0.0277. The third kappa shape index (κ3) is 4.14. The molecule has 0 saturated carbocycles. The van der Waals surface area contributed by atoms with Crippen molar-refractivity contribution in [1.29, 1.82) is 0 Å². The van der Waals surface area contributed by atoms with Crippen LogP contribution in [-0.4, -0.2) is 66.6 Å². The van der Waals surface area contributed by atoms with Gasteiger partial charge in [0.2, 0.25) is 0 Å². The van der Waals surface area contributed by atoms with Gasteiger partial charge in [0, 0.05) is 43.8 Å². The molecule has 3 rings (SSSR count). The number of ether oxygens (including phenoxy) is 2. The fourth-order valence-electron chi connectivity index (χ4n) is 2.78. The first-order valence-corrected chi connectivity index (χ1v) is 8.37. The SMILES string of the molecule is COc1nonc1OCCN1CCN(c2ccc(Cl)cc2[N+](=O)[O-])CC1. The van der Waals surface area contributed by atoms with Gasteiger partial charge in [-0.3, -0.25) is 15.0 Å². The molecule has 0 unspecified atom stereocenters. The number of methoxy groups -OCH3 is 1. The van der Waals surface area contributed by atoms with Crippen molar-refractivity contribution < 1.29 is 19.0 Å². The summed E-state index contributed by atoms with van der Waals surface area (Å²) in [6.45, 7) is 3.97. The van der Waals surface area contributed by atoms with Crippen LogP contribution < -0.4 is 14.4 Å². The quantitative estimate of drug-likeness (QED) is 0.522. The molecular formula is C15H18ClN5O5. The first kappa shape index (κ1) is 18.2. The Kier molecular flexibility index (Phi) is 5.74. The molecule has 0 atom stereocenters. The smallest absolute Gasteiger partial charge is 0.320 e. The zero-order valence-corrected chi connectivity index (χ0v) is 14.9. The Morgan fingerprint density at radius 3 is 2.69 bits per heavy atom. The van der Waals surface area contributed by atoms with Gasteiger partial charge in [-0.05, 0) is 22.4 Å². The lowest BCUT2D eigenvalue weighted by molar-refractivity contribution is -0.384. The van der Waals surface area contributed by atoms with Crippen molar-refractivity contribution in [2.24, 2.45) is 0 Å². The van der Waals surface area contributed by atoms with E-state index in [-0.39, 0.29) is 17.4 Å².